The van der Waals surface area contributed by atoms with Crippen LogP contribution in [0.15, 0.2) is 34.9 Å². The maximum Gasteiger partial charge on any atom is 0.198 e. The quantitative estimate of drug-likeness (QED) is 0.830. The van der Waals surface area contributed by atoms with Crippen molar-refractivity contribution in [2.75, 3.05) is 0 Å². The van der Waals surface area contributed by atoms with Gasteiger partial charge in [-0.3, -0.25) is 0 Å². The van der Waals surface area contributed by atoms with E-state index in [1.54, 1.807) is 6.20 Å². The minimum absolute atomic E-state index is 0.0964. The number of aryl methyl sites for hydroxylation is 1. The smallest absolute Gasteiger partial charge is 0.198 e. The highest BCUT2D eigenvalue weighted by Crippen LogP contribution is 2.11. The van der Waals surface area contributed by atoms with Gasteiger partial charge in [-0.15, -0.1) is 0 Å². The molecule has 1 N–H and O–H groups in total. The molecular formula is C12H13NO2. The van der Waals surface area contributed by atoms with E-state index >= 15 is 0 Å². The molecule has 0 amide bonds. The topological polar surface area (TPSA) is 46.3 Å². The van der Waals surface area contributed by atoms with Gasteiger partial charge in [-0.1, -0.05) is 29.8 Å². The minimum atomic E-state index is -0.0964. The average Bonchev–Trinajstić information content (AvgIpc) is 2.65. The van der Waals surface area contributed by atoms with Crippen LogP contribution in [0.3, 0.4) is 0 Å². The molecule has 0 unspecified atom stereocenters. The van der Waals surface area contributed by atoms with Gasteiger partial charge in [0.05, 0.1) is 6.20 Å². The van der Waals surface area contributed by atoms with Gasteiger partial charge in [0.2, 0.25) is 0 Å². The van der Waals surface area contributed by atoms with E-state index in [1.165, 1.54) is 11.1 Å². The lowest BCUT2D eigenvalue weighted by molar-refractivity contribution is 0.244. The van der Waals surface area contributed by atoms with Gasteiger partial charge in [-0.05, 0) is 12.5 Å². The number of aliphatic hydroxyl groups excluding tert-OH is 1. The Morgan fingerprint density at radius 3 is 2.93 bits per heavy atom. The number of hydrogen-bond acceptors (Lipinski definition) is 3. The Bertz CT molecular complexity index is 448. The molecular weight excluding hydrogens is 190 g/mol. The summed E-state index contributed by atoms with van der Waals surface area (Å²) in [4.78, 5) is 4.09. The fraction of sp³-hybridized carbons (Fsp3) is 0.250. The van der Waals surface area contributed by atoms with Crippen molar-refractivity contribution < 1.29 is 9.52 Å². The maximum atomic E-state index is 8.83. The molecule has 3 heteroatoms. The number of aliphatic hydroxyl groups is 1. The molecule has 1 aromatic heterocycles. The van der Waals surface area contributed by atoms with Crippen LogP contribution < -0.4 is 0 Å². The van der Waals surface area contributed by atoms with Crippen LogP contribution in [0.4, 0.5) is 0 Å². The van der Waals surface area contributed by atoms with Crippen molar-refractivity contribution >= 4 is 0 Å². The van der Waals surface area contributed by atoms with Crippen LogP contribution in [-0.4, -0.2) is 10.1 Å². The second kappa shape index (κ2) is 4.28. The molecule has 2 aromatic rings. The number of benzene rings is 1. The van der Waals surface area contributed by atoms with Gasteiger partial charge < -0.3 is 9.52 Å². The highest BCUT2D eigenvalue weighted by atomic mass is 16.4. The monoisotopic (exact) mass is 203 g/mol. The molecule has 0 aliphatic rings. The van der Waals surface area contributed by atoms with Crippen LogP contribution in [0.25, 0.3) is 0 Å². The van der Waals surface area contributed by atoms with E-state index in [2.05, 4.69) is 24.0 Å². The summed E-state index contributed by atoms with van der Waals surface area (Å²) in [5, 5.41) is 8.83. The Labute approximate surface area is 88.4 Å². The largest absolute Gasteiger partial charge is 0.443 e. The summed E-state index contributed by atoms with van der Waals surface area (Å²) in [6.07, 6.45) is 2.23. The van der Waals surface area contributed by atoms with Crippen LogP contribution in [0.5, 0.6) is 0 Å². The molecule has 0 spiro atoms. The van der Waals surface area contributed by atoms with Crippen molar-refractivity contribution in [2.24, 2.45) is 0 Å². The lowest BCUT2D eigenvalue weighted by Gasteiger charge is -1.98. The Hall–Kier alpha value is -1.61. The van der Waals surface area contributed by atoms with Gasteiger partial charge in [0.25, 0.3) is 0 Å². The fourth-order valence-electron chi connectivity index (χ4n) is 1.50. The summed E-state index contributed by atoms with van der Waals surface area (Å²) < 4.78 is 5.32. The maximum absolute atomic E-state index is 8.83. The summed E-state index contributed by atoms with van der Waals surface area (Å²) in [6, 6.07) is 8.21. The third-order valence-electron chi connectivity index (χ3n) is 2.20. The van der Waals surface area contributed by atoms with E-state index in [0.29, 0.717) is 18.1 Å². The molecule has 0 fully saturated rings. The van der Waals surface area contributed by atoms with Gasteiger partial charge in [0, 0.05) is 6.42 Å². The van der Waals surface area contributed by atoms with E-state index in [9.17, 15) is 0 Å². The first kappa shape index (κ1) is 9.93. The SMILES string of the molecule is Cc1cccc(Cc2ncc(CO)o2)c1. The molecule has 1 heterocycles. The van der Waals surface area contributed by atoms with Crippen molar-refractivity contribution in [1.29, 1.82) is 0 Å². The molecule has 0 saturated heterocycles. The van der Waals surface area contributed by atoms with Gasteiger partial charge in [0.15, 0.2) is 5.89 Å². The van der Waals surface area contributed by atoms with Crippen molar-refractivity contribution in [2.45, 2.75) is 20.0 Å². The molecule has 0 bridgehead atoms. The zero-order chi connectivity index (χ0) is 10.7. The first-order chi connectivity index (χ1) is 7.28. The molecule has 3 nitrogen and oxygen atoms in total. The number of rotatable bonds is 3. The van der Waals surface area contributed by atoms with E-state index in [0.717, 1.165) is 0 Å². The predicted octanol–water partition coefficient (Wildman–Crippen LogP) is 2.07. The lowest BCUT2D eigenvalue weighted by Crippen LogP contribution is -1.88. The molecule has 0 radical (unpaired) electrons. The third kappa shape index (κ3) is 2.44. The summed E-state index contributed by atoms with van der Waals surface area (Å²) in [5.41, 5.74) is 2.39. The number of oxazole rings is 1. The van der Waals surface area contributed by atoms with Crippen LogP contribution in [0, 0.1) is 6.92 Å². The Morgan fingerprint density at radius 1 is 1.40 bits per heavy atom. The summed E-state index contributed by atoms with van der Waals surface area (Å²) in [6.45, 7) is 1.96. The van der Waals surface area contributed by atoms with Gasteiger partial charge in [-0.25, -0.2) is 4.98 Å². The molecule has 1 aromatic carbocycles. The molecule has 2 rings (SSSR count). The second-order valence-corrected chi connectivity index (χ2v) is 3.54. The Kier molecular flexibility index (Phi) is 2.83. The van der Waals surface area contributed by atoms with E-state index in [-0.39, 0.29) is 6.61 Å². The first-order valence-electron chi connectivity index (χ1n) is 4.88. The standard InChI is InChI=1S/C12H13NO2/c1-9-3-2-4-10(5-9)6-12-13-7-11(8-14)15-12/h2-5,7,14H,6,8H2,1H3. The number of aromatic nitrogens is 1. The summed E-state index contributed by atoms with van der Waals surface area (Å²) in [7, 11) is 0. The molecule has 15 heavy (non-hydrogen) atoms. The summed E-state index contributed by atoms with van der Waals surface area (Å²) in [5.74, 6) is 1.15. The predicted molar refractivity (Wildman–Crippen MR) is 56.4 cm³/mol. The van der Waals surface area contributed by atoms with E-state index in [1.807, 2.05) is 12.1 Å². The molecule has 0 aliphatic carbocycles. The fourth-order valence-corrected chi connectivity index (χ4v) is 1.50. The van der Waals surface area contributed by atoms with Crippen molar-refractivity contribution in [3.8, 4) is 0 Å². The normalized spacial score (nSPS) is 10.5. The third-order valence-corrected chi connectivity index (χ3v) is 2.20. The first-order valence-corrected chi connectivity index (χ1v) is 4.88. The molecule has 0 aliphatic heterocycles. The Morgan fingerprint density at radius 2 is 2.27 bits per heavy atom. The zero-order valence-electron chi connectivity index (χ0n) is 8.60. The number of hydrogen-bond donors (Lipinski definition) is 1. The van der Waals surface area contributed by atoms with Crippen molar-refractivity contribution in [3.05, 3.63) is 53.2 Å². The van der Waals surface area contributed by atoms with Gasteiger partial charge in [-0.2, -0.15) is 0 Å². The molecule has 78 valence electrons. The van der Waals surface area contributed by atoms with Crippen molar-refractivity contribution in [1.82, 2.24) is 4.98 Å². The highest BCUT2D eigenvalue weighted by Gasteiger charge is 2.03. The zero-order valence-corrected chi connectivity index (χ0v) is 8.60. The van der Waals surface area contributed by atoms with Crippen LogP contribution in [0.1, 0.15) is 22.8 Å². The lowest BCUT2D eigenvalue weighted by atomic mass is 10.1. The van der Waals surface area contributed by atoms with E-state index in [4.69, 9.17) is 9.52 Å². The van der Waals surface area contributed by atoms with Crippen LogP contribution in [0.2, 0.25) is 0 Å². The van der Waals surface area contributed by atoms with Gasteiger partial charge >= 0.3 is 0 Å². The molecule has 0 atom stereocenters. The summed E-state index contributed by atoms with van der Waals surface area (Å²) >= 11 is 0. The second-order valence-electron chi connectivity index (χ2n) is 3.54. The molecule has 0 saturated carbocycles. The Balaban J connectivity index is 2.14. The number of nitrogens with zero attached hydrogens (tertiary/aromatic N) is 1. The average molecular weight is 203 g/mol. The van der Waals surface area contributed by atoms with E-state index < -0.39 is 0 Å². The van der Waals surface area contributed by atoms with Crippen LogP contribution in [-0.2, 0) is 13.0 Å². The van der Waals surface area contributed by atoms with Crippen molar-refractivity contribution in [3.63, 3.8) is 0 Å². The van der Waals surface area contributed by atoms with Gasteiger partial charge in [0.1, 0.15) is 12.4 Å². The highest BCUT2D eigenvalue weighted by molar-refractivity contribution is 5.24. The minimum Gasteiger partial charge on any atom is -0.443 e. The van der Waals surface area contributed by atoms with Crippen LogP contribution >= 0.6 is 0 Å².